The molecule has 216 valence electrons. The first-order valence-corrected chi connectivity index (χ1v) is 13.7. The maximum atomic E-state index is 13.5. The highest BCUT2D eigenvalue weighted by Crippen LogP contribution is 2.28. The Hall–Kier alpha value is -4.29. The average Bonchev–Trinajstić information content (AvgIpc) is 3.35. The lowest BCUT2D eigenvalue weighted by molar-refractivity contribution is 0.158. The fourth-order valence-corrected chi connectivity index (χ4v) is 5.36. The summed E-state index contributed by atoms with van der Waals surface area (Å²) in [4.78, 5) is 40.7. The summed E-state index contributed by atoms with van der Waals surface area (Å²) in [7, 11) is 1.82. The van der Waals surface area contributed by atoms with E-state index in [1.165, 1.54) is 29.3 Å². The first-order valence-electron chi connectivity index (χ1n) is 13.7. The molecule has 0 bridgehead atoms. The number of rotatable bonds is 9. The number of amides is 1. The van der Waals surface area contributed by atoms with E-state index in [4.69, 9.17) is 4.98 Å². The normalized spacial score (nSPS) is 14.0. The smallest absolute Gasteiger partial charge is 0.334 e. The highest BCUT2D eigenvalue weighted by molar-refractivity contribution is 5.80. The van der Waals surface area contributed by atoms with Crippen molar-refractivity contribution < 1.29 is 19.4 Å². The number of halogens is 1. The zero-order valence-electron chi connectivity index (χ0n) is 22.9. The van der Waals surface area contributed by atoms with Gasteiger partial charge in [-0.3, -0.25) is 4.79 Å². The first-order chi connectivity index (χ1) is 19.9. The van der Waals surface area contributed by atoms with E-state index >= 15 is 0 Å². The second-order valence-corrected chi connectivity index (χ2v) is 10.1. The van der Waals surface area contributed by atoms with E-state index in [0.29, 0.717) is 19.6 Å². The van der Waals surface area contributed by atoms with Gasteiger partial charge in [-0.05, 0) is 42.7 Å². The molecule has 0 aliphatic carbocycles. The summed E-state index contributed by atoms with van der Waals surface area (Å²) in [5, 5.41) is 18.7. The fraction of sp³-hybridized carbons (Fsp3) is 0.379. The largest absolute Gasteiger partial charge is 0.395 e. The molecule has 4 aromatic rings. The van der Waals surface area contributed by atoms with Crippen LogP contribution in [0.25, 0.3) is 11.0 Å². The minimum atomic E-state index is -0.639. The Balaban J connectivity index is 1.36. The highest BCUT2D eigenvalue weighted by atomic mass is 19.1. The third-order valence-electron chi connectivity index (χ3n) is 7.53. The van der Waals surface area contributed by atoms with Gasteiger partial charge in [-0.1, -0.05) is 24.3 Å². The number of hydrogen-bond acceptors (Lipinski definition) is 8. The van der Waals surface area contributed by atoms with Crippen LogP contribution in [0.2, 0.25) is 0 Å². The fourth-order valence-electron chi connectivity index (χ4n) is 5.36. The second kappa shape index (κ2) is 12.5. The molecule has 1 aliphatic rings. The monoisotopic (exact) mass is 563 g/mol. The van der Waals surface area contributed by atoms with Crippen LogP contribution in [0.3, 0.4) is 0 Å². The number of imidazole rings is 1. The standard InChI is InChI=1S/C29H34FN7O4/c1-33(27-31-13-10-26(40)37(27)29(41)35(16-18-38)17-19-39)23-11-14-34(15-12-23)28-32-24-4-2-3-5-25(24)36(28)20-21-6-8-22(30)9-7-21/h2-10,13,23,38-39H,11-12,14-20H2,1H3. The van der Waals surface area contributed by atoms with Crippen molar-refractivity contribution in [2.45, 2.75) is 25.4 Å². The molecule has 0 atom stereocenters. The van der Waals surface area contributed by atoms with E-state index in [0.717, 1.165) is 40.0 Å². The summed E-state index contributed by atoms with van der Waals surface area (Å²) in [5.74, 6) is 0.778. The van der Waals surface area contributed by atoms with E-state index in [9.17, 15) is 24.2 Å². The molecule has 0 spiro atoms. The number of nitrogens with zero attached hydrogens (tertiary/aromatic N) is 7. The van der Waals surface area contributed by atoms with Crippen LogP contribution >= 0.6 is 0 Å². The van der Waals surface area contributed by atoms with Crippen molar-refractivity contribution >= 4 is 29.0 Å². The third kappa shape index (κ3) is 5.93. The predicted molar refractivity (Wildman–Crippen MR) is 154 cm³/mol. The Morgan fingerprint density at radius 1 is 1.02 bits per heavy atom. The van der Waals surface area contributed by atoms with Gasteiger partial charge in [0.15, 0.2) is 0 Å². The maximum Gasteiger partial charge on any atom is 0.334 e. The lowest BCUT2D eigenvalue weighted by atomic mass is 10.0. The summed E-state index contributed by atoms with van der Waals surface area (Å²) in [5.41, 5.74) is 2.33. The van der Waals surface area contributed by atoms with E-state index in [-0.39, 0.29) is 44.1 Å². The molecular formula is C29H34FN7O4. The number of aromatic nitrogens is 4. The van der Waals surface area contributed by atoms with E-state index in [1.807, 2.05) is 36.2 Å². The molecule has 3 heterocycles. The molecule has 1 saturated heterocycles. The van der Waals surface area contributed by atoms with Gasteiger partial charge in [0.2, 0.25) is 11.9 Å². The number of anilines is 2. The molecule has 0 radical (unpaired) electrons. The SMILES string of the molecule is CN(c1nccc(=O)n1C(=O)N(CCO)CCO)C1CCN(c2nc3ccccc3n2Cc2ccc(F)cc2)CC1. The van der Waals surface area contributed by atoms with Gasteiger partial charge in [0.05, 0.1) is 30.8 Å². The minimum absolute atomic E-state index is 0.00124. The van der Waals surface area contributed by atoms with Crippen LogP contribution in [0.4, 0.5) is 21.1 Å². The maximum absolute atomic E-state index is 13.5. The predicted octanol–water partition coefficient (Wildman–Crippen LogP) is 2.14. The van der Waals surface area contributed by atoms with Crippen molar-refractivity contribution in [2.24, 2.45) is 0 Å². The number of carbonyl (C=O) groups is 1. The number of aliphatic hydroxyl groups is 2. The summed E-state index contributed by atoms with van der Waals surface area (Å²) in [6, 6.07) is 15.0. The molecule has 1 fully saturated rings. The van der Waals surface area contributed by atoms with Crippen molar-refractivity contribution in [3.05, 3.63) is 82.5 Å². The number of piperidine rings is 1. The summed E-state index contributed by atoms with van der Waals surface area (Å²) < 4.78 is 16.7. The Bertz CT molecular complexity index is 1540. The van der Waals surface area contributed by atoms with Gasteiger partial charge in [0.25, 0.3) is 5.56 Å². The minimum Gasteiger partial charge on any atom is -0.395 e. The third-order valence-corrected chi connectivity index (χ3v) is 7.53. The molecule has 41 heavy (non-hydrogen) atoms. The number of aliphatic hydroxyl groups excluding tert-OH is 2. The van der Waals surface area contributed by atoms with Crippen molar-refractivity contribution in [1.29, 1.82) is 0 Å². The Morgan fingerprint density at radius 2 is 1.71 bits per heavy atom. The zero-order chi connectivity index (χ0) is 28.9. The second-order valence-electron chi connectivity index (χ2n) is 10.1. The van der Waals surface area contributed by atoms with Gasteiger partial charge in [-0.15, -0.1) is 0 Å². The summed E-state index contributed by atoms with van der Waals surface area (Å²) in [6.07, 6.45) is 2.84. The number of hydrogen-bond donors (Lipinski definition) is 2. The van der Waals surface area contributed by atoms with Gasteiger partial charge >= 0.3 is 6.03 Å². The lowest BCUT2D eigenvalue weighted by Crippen LogP contribution is -2.48. The van der Waals surface area contributed by atoms with Gasteiger partial charge < -0.3 is 29.5 Å². The quantitative estimate of drug-likeness (QED) is 0.318. The first kappa shape index (κ1) is 28.2. The van der Waals surface area contributed by atoms with E-state index in [1.54, 1.807) is 12.1 Å². The molecule has 11 nitrogen and oxygen atoms in total. The molecule has 2 N–H and O–H groups in total. The van der Waals surface area contributed by atoms with Crippen LogP contribution in [-0.2, 0) is 6.54 Å². The van der Waals surface area contributed by atoms with Crippen molar-refractivity contribution in [3.63, 3.8) is 0 Å². The van der Waals surface area contributed by atoms with Gasteiger partial charge in [-0.2, -0.15) is 4.57 Å². The van der Waals surface area contributed by atoms with E-state index < -0.39 is 11.6 Å². The van der Waals surface area contributed by atoms with E-state index in [2.05, 4.69) is 14.5 Å². The number of para-hydroxylation sites is 2. The Kier molecular flexibility index (Phi) is 8.60. The molecule has 1 amide bonds. The molecule has 0 unspecified atom stereocenters. The van der Waals surface area contributed by atoms with Crippen molar-refractivity contribution in [3.8, 4) is 0 Å². The van der Waals surface area contributed by atoms with Crippen LogP contribution in [-0.4, -0.2) is 92.7 Å². The molecule has 0 saturated carbocycles. The molecule has 2 aromatic heterocycles. The van der Waals surface area contributed by atoms with Crippen LogP contribution in [0, 0.1) is 5.82 Å². The number of carbonyl (C=O) groups excluding carboxylic acids is 1. The van der Waals surface area contributed by atoms with Crippen LogP contribution in [0.5, 0.6) is 0 Å². The number of fused-ring (bicyclic) bond motifs is 1. The average molecular weight is 564 g/mol. The van der Waals surface area contributed by atoms with Crippen molar-refractivity contribution in [1.82, 2.24) is 24.0 Å². The lowest BCUT2D eigenvalue weighted by Gasteiger charge is -2.38. The molecule has 2 aromatic carbocycles. The van der Waals surface area contributed by atoms with Gasteiger partial charge in [0.1, 0.15) is 5.82 Å². The summed E-state index contributed by atoms with van der Waals surface area (Å²) in [6.45, 7) is 1.31. The van der Waals surface area contributed by atoms with Crippen molar-refractivity contribution in [2.75, 3.05) is 56.2 Å². The Labute approximate surface area is 236 Å². The topological polar surface area (TPSA) is 120 Å². The Morgan fingerprint density at radius 3 is 2.39 bits per heavy atom. The zero-order valence-corrected chi connectivity index (χ0v) is 22.9. The molecular weight excluding hydrogens is 529 g/mol. The van der Waals surface area contributed by atoms with Crippen LogP contribution in [0.15, 0.2) is 65.6 Å². The van der Waals surface area contributed by atoms with Gasteiger partial charge in [-0.25, -0.2) is 19.2 Å². The van der Waals surface area contributed by atoms with Crippen LogP contribution in [0.1, 0.15) is 18.4 Å². The van der Waals surface area contributed by atoms with Crippen LogP contribution < -0.4 is 15.4 Å². The molecule has 5 rings (SSSR count). The molecule has 12 heteroatoms. The highest BCUT2D eigenvalue weighted by Gasteiger charge is 2.29. The number of benzene rings is 2. The molecule has 1 aliphatic heterocycles. The summed E-state index contributed by atoms with van der Waals surface area (Å²) >= 11 is 0. The van der Waals surface area contributed by atoms with Gasteiger partial charge in [0, 0.05) is 51.5 Å².